The minimum Gasteiger partial charge on any atom is -0.480 e. The minimum absolute atomic E-state index is 0.392. The summed E-state index contributed by atoms with van der Waals surface area (Å²) in [5, 5.41) is 9.52. The van der Waals surface area contributed by atoms with E-state index in [4.69, 9.17) is 0 Å². The molecule has 19 heavy (non-hydrogen) atoms. The maximum Gasteiger partial charge on any atom is 0.323 e. The highest BCUT2D eigenvalue weighted by molar-refractivity contribution is 5.78. The molecule has 1 aliphatic rings. The second-order valence-electron chi connectivity index (χ2n) is 6.28. The molecule has 1 fully saturated rings. The molecule has 0 radical (unpaired) electrons. The van der Waals surface area contributed by atoms with E-state index in [1.165, 1.54) is 32.1 Å². The molecule has 0 aromatic rings. The van der Waals surface area contributed by atoms with Gasteiger partial charge in [-0.05, 0) is 46.1 Å². The Labute approximate surface area is 118 Å². The zero-order chi connectivity index (χ0) is 14.3. The van der Waals surface area contributed by atoms with Crippen LogP contribution in [0.25, 0.3) is 0 Å². The third-order valence-electron chi connectivity index (χ3n) is 4.66. The van der Waals surface area contributed by atoms with Gasteiger partial charge in [0.1, 0.15) is 5.54 Å². The summed E-state index contributed by atoms with van der Waals surface area (Å²) >= 11 is 0. The fourth-order valence-corrected chi connectivity index (χ4v) is 3.28. The first-order chi connectivity index (χ1) is 9.02. The maximum absolute atomic E-state index is 11.6. The van der Waals surface area contributed by atoms with Crippen molar-refractivity contribution in [1.82, 2.24) is 4.90 Å². The zero-order valence-corrected chi connectivity index (χ0v) is 13.0. The van der Waals surface area contributed by atoms with Gasteiger partial charge in [0.25, 0.3) is 0 Å². The van der Waals surface area contributed by atoms with Crippen molar-refractivity contribution < 1.29 is 9.90 Å². The molecule has 0 saturated carbocycles. The Morgan fingerprint density at radius 3 is 2.58 bits per heavy atom. The third-order valence-corrected chi connectivity index (χ3v) is 4.66. The Bertz CT molecular complexity index is 280. The van der Waals surface area contributed by atoms with E-state index in [0.29, 0.717) is 6.04 Å². The standard InChI is InChI=1S/C16H31NO2/c1-4-5-6-7-8-11-14(2)17-13-10-9-12-16(17,3)15(18)19/h14H,4-13H2,1-3H3,(H,18,19). The van der Waals surface area contributed by atoms with Gasteiger partial charge in [0.15, 0.2) is 0 Å². The average Bonchev–Trinajstić information content (AvgIpc) is 2.38. The normalized spacial score (nSPS) is 26.3. The lowest BCUT2D eigenvalue weighted by atomic mass is 9.86. The monoisotopic (exact) mass is 269 g/mol. The topological polar surface area (TPSA) is 40.5 Å². The van der Waals surface area contributed by atoms with E-state index in [1.54, 1.807) is 0 Å². The van der Waals surface area contributed by atoms with Gasteiger partial charge in [-0.2, -0.15) is 0 Å². The fraction of sp³-hybridized carbons (Fsp3) is 0.938. The number of rotatable bonds is 8. The van der Waals surface area contributed by atoms with Gasteiger partial charge in [0, 0.05) is 6.04 Å². The summed E-state index contributed by atoms with van der Waals surface area (Å²) in [6.45, 7) is 7.28. The molecule has 1 N–H and O–H groups in total. The predicted octanol–water partition coefficient (Wildman–Crippen LogP) is 4.06. The van der Waals surface area contributed by atoms with Crippen molar-refractivity contribution in [3.63, 3.8) is 0 Å². The van der Waals surface area contributed by atoms with Gasteiger partial charge in [-0.25, -0.2) is 0 Å². The van der Waals surface area contributed by atoms with E-state index in [2.05, 4.69) is 18.7 Å². The van der Waals surface area contributed by atoms with Crippen molar-refractivity contribution in [2.24, 2.45) is 0 Å². The molecule has 3 heteroatoms. The summed E-state index contributed by atoms with van der Waals surface area (Å²) in [7, 11) is 0. The molecular formula is C16H31NO2. The van der Waals surface area contributed by atoms with Crippen molar-refractivity contribution in [1.29, 1.82) is 0 Å². The highest BCUT2D eigenvalue weighted by Gasteiger charge is 2.42. The van der Waals surface area contributed by atoms with Crippen molar-refractivity contribution in [3.05, 3.63) is 0 Å². The molecule has 1 aliphatic heterocycles. The van der Waals surface area contributed by atoms with Crippen molar-refractivity contribution in [2.45, 2.75) is 90.1 Å². The minimum atomic E-state index is -0.648. The Balaban J connectivity index is 2.44. The summed E-state index contributed by atoms with van der Waals surface area (Å²) in [4.78, 5) is 13.8. The first-order valence-electron chi connectivity index (χ1n) is 8.02. The second kappa shape index (κ2) is 7.88. The molecule has 3 nitrogen and oxygen atoms in total. The van der Waals surface area contributed by atoms with Crippen molar-refractivity contribution in [3.8, 4) is 0 Å². The van der Waals surface area contributed by atoms with Gasteiger partial charge < -0.3 is 5.11 Å². The van der Waals surface area contributed by atoms with Gasteiger partial charge in [0.05, 0.1) is 0 Å². The highest BCUT2D eigenvalue weighted by Crippen LogP contribution is 2.31. The largest absolute Gasteiger partial charge is 0.480 e. The van der Waals surface area contributed by atoms with Crippen LogP contribution in [0.4, 0.5) is 0 Å². The Hall–Kier alpha value is -0.570. The van der Waals surface area contributed by atoms with Crippen LogP contribution in [0.2, 0.25) is 0 Å². The quantitative estimate of drug-likeness (QED) is 0.675. The number of carboxylic acid groups (broad SMARTS) is 1. The molecule has 0 amide bonds. The summed E-state index contributed by atoms with van der Waals surface area (Å²) in [6.07, 6.45) is 10.5. The van der Waals surface area contributed by atoms with E-state index in [1.807, 2.05) is 6.92 Å². The van der Waals surface area contributed by atoms with Crippen LogP contribution in [-0.4, -0.2) is 34.1 Å². The van der Waals surface area contributed by atoms with Gasteiger partial charge in [0.2, 0.25) is 0 Å². The number of likely N-dealkylation sites (tertiary alicyclic amines) is 1. The van der Waals surface area contributed by atoms with Crippen LogP contribution in [-0.2, 0) is 4.79 Å². The van der Waals surface area contributed by atoms with E-state index in [9.17, 15) is 9.90 Å². The lowest BCUT2D eigenvalue weighted by Gasteiger charge is -2.45. The molecule has 0 bridgehead atoms. The molecular weight excluding hydrogens is 238 g/mol. The number of unbranched alkanes of at least 4 members (excludes halogenated alkanes) is 4. The van der Waals surface area contributed by atoms with Crippen molar-refractivity contribution >= 4 is 5.97 Å². The van der Waals surface area contributed by atoms with E-state index >= 15 is 0 Å². The van der Waals surface area contributed by atoms with Gasteiger partial charge >= 0.3 is 5.97 Å². The molecule has 0 spiro atoms. The summed E-state index contributed by atoms with van der Waals surface area (Å²) in [5.41, 5.74) is -0.638. The first kappa shape index (κ1) is 16.5. The number of nitrogens with zero attached hydrogens (tertiary/aromatic N) is 1. The SMILES string of the molecule is CCCCCCCC(C)N1CCCCC1(C)C(=O)O. The second-order valence-corrected chi connectivity index (χ2v) is 6.28. The number of hydrogen-bond donors (Lipinski definition) is 1. The van der Waals surface area contributed by atoms with Crippen molar-refractivity contribution in [2.75, 3.05) is 6.54 Å². The summed E-state index contributed by atoms with van der Waals surface area (Å²) < 4.78 is 0. The maximum atomic E-state index is 11.6. The lowest BCUT2D eigenvalue weighted by molar-refractivity contribution is -0.155. The summed E-state index contributed by atoms with van der Waals surface area (Å²) in [5.74, 6) is -0.648. The molecule has 112 valence electrons. The molecule has 2 atom stereocenters. The van der Waals surface area contributed by atoms with Crippen LogP contribution in [0.3, 0.4) is 0 Å². The zero-order valence-electron chi connectivity index (χ0n) is 13.0. The molecule has 0 aromatic carbocycles. The van der Waals surface area contributed by atoms with Crippen LogP contribution < -0.4 is 0 Å². The van der Waals surface area contributed by atoms with Crippen LogP contribution in [0, 0.1) is 0 Å². The Morgan fingerprint density at radius 1 is 1.26 bits per heavy atom. The van der Waals surface area contributed by atoms with Crippen LogP contribution >= 0.6 is 0 Å². The number of carboxylic acids is 1. The number of aliphatic carboxylic acids is 1. The molecule has 1 rings (SSSR count). The lowest BCUT2D eigenvalue weighted by Crippen LogP contribution is -2.58. The number of piperidine rings is 1. The average molecular weight is 269 g/mol. The molecule has 0 aromatic heterocycles. The third kappa shape index (κ3) is 4.48. The smallest absolute Gasteiger partial charge is 0.323 e. The van der Waals surface area contributed by atoms with E-state index in [-0.39, 0.29) is 0 Å². The van der Waals surface area contributed by atoms with Gasteiger partial charge in [-0.1, -0.05) is 39.0 Å². The molecule has 2 unspecified atom stereocenters. The molecule has 1 saturated heterocycles. The van der Waals surface area contributed by atoms with E-state index in [0.717, 1.165) is 32.2 Å². The first-order valence-corrected chi connectivity index (χ1v) is 8.02. The van der Waals surface area contributed by atoms with Crippen LogP contribution in [0.1, 0.15) is 78.6 Å². The number of carbonyl (C=O) groups is 1. The Morgan fingerprint density at radius 2 is 1.95 bits per heavy atom. The summed E-state index contributed by atoms with van der Waals surface area (Å²) in [6, 6.07) is 0.392. The van der Waals surface area contributed by atoms with Crippen LogP contribution in [0.5, 0.6) is 0 Å². The Kier molecular flexibility index (Phi) is 6.84. The predicted molar refractivity (Wildman–Crippen MR) is 79.4 cm³/mol. The van der Waals surface area contributed by atoms with Crippen LogP contribution in [0.15, 0.2) is 0 Å². The van der Waals surface area contributed by atoms with Gasteiger partial charge in [-0.3, -0.25) is 9.69 Å². The highest BCUT2D eigenvalue weighted by atomic mass is 16.4. The van der Waals surface area contributed by atoms with Gasteiger partial charge in [-0.15, -0.1) is 0 Å². The molecule has 1 heterocycles. The molecule has 0 aliphatic carbocycles. The van der Waals surface area contributed by atoms with E-state index < -0.39 is 11.5 Å². The number of hydrogen-bond acceptors (Lipinski definition) is 2. The fourth-order valence-electron chi connectivity index (χ4n) is 3.28.